The molecule has 0 aliphatic carbocycles. The highest BCUT2D eigenvalue weighted by atomic mass is 32.1. The molecule has 1 aliphatic rings. The summed E-state index contributed by atoms with van der Waals surface area (Å²) in [6.45, 7) is 10.8. The summed E-state index contributed by atoms with van der Waals surface area (Å²) >= 11 is 1.71. The fraction of sp³-hybridized carbons (Fsp3) is 0.500. The van der Waals surface area contributed by atoms with E-state index < -0.39 is 0 Å². The van der Waals surface area contributed by atoms with Crippen molar-refractivity contribution in [1.82, 2.24) is 19.7 Å². The van der Waals surface area contributed by atoms with Gasteiger partial charge in [0, 0.05) is 43.7 Å². The van der Waals surface area contributed by atoms with Crippen molar-refractivity contribution in [3.05, 3.63) is 46.7 Å². The second-order valence-electron chi connectivity index (χ2n) is 5.72. The molecular weight excluding hydrogens is 296 g/mol. The third-order valence-electron chi connectivity index (χ3n) is 3.78. The van der Waals surface area contributed by atoms with Gasteiger partial charge in [0.15, 0.2) is 0 Å². The average Bonchev–Trinajstić information content (AvgIpc) is 3.05. The Bertz CT molecular complexity index is 621. The number of nitrogens with zero attached hydrogens (tertiary/aromatic N) is 4. The molecule has 1 aliphatic heterocycles. The molecule has 0 saturated heterocycles. The molecule has 1 atom stereocenters. The van der Waals surface area contributed by atoms with E-state index in [0.717, 1.165) is 43.5 Å². The molecule has 118 valence electrons. The predicted molar refractivity (Wildman–Crippen MR) is 87.7 cm³/mol. The summed E-state index contributed by atoms with van der Waals surface area (Å²) in [6, 6.07) is 2.10. The van der Waals surface area contributed by atoms with Crippen molar-refractivity contribution in [1.29, 1.82) is 0 Å². The van der Waals surface area contributed by atoms with E-state index in [9.17, 15) is 0 Å². The topological polar surface area (TPSA) is 43.2 Å². The lowest BCUT2D eigenvalue weighted by molar-refractivity contribution is 0.0930. The summed E-state index contributed by atoms with van der Waals surface area (Å²) in [7, 11) is 0. The van der Waals surface area contributed by atoms with Gasteiger partial charge in [-0.3, -0.25) is 9.58 Å². The largest absolute Gasteiger partial charge is 0.377 e. The first kappa shape index (κ1) is 15.4. The summed E-state index contributed by atoms with van der Waals surface area (Å²) < 4.78 is 7.78. The van der Waals surface area contributed by atoms with E-state index in [4.69, 9.17) is 4.74 Å². The van der Waals surface area contributed by atoms with Crippen LogP contribution in [0.5, 0.6) is 0 Å². The zero-order valence-electron chi connectivity index (χ0n) is 12.9. The van der Waals surface area contributed by atoms with Crippen molar-refractivity contribution in [2.24, 2.45) is 5.92 Å². The van der Waals surface area contributed by atoms with Crippen molar-refractivity contribution >= 4 is 11.3 Å². The van der Waals surface area contributed by atoms with E-state index in [1.165, 1.54) is 5.69 Å². The highest BCUT2D eigenvalue weighted by Crippen LogP contribution is 2.19. The Morgan fingerprint density at radius 2 is 2.41 bits per heavy atom. The highest BCUT2D eigenvalue weighted by Gasteiger charge is 2.23. The zero-order valence-corrected chi connectivity index (χ0v) is 13.8. The normalized spacial score (nSPS) is 18.9. The van der Waals surface area contributed by atoms with E-state index in [1.54, 1.807) is 17.4 Å². The second kappa shape index (κ2) is 7.17. The van der Waals surface area contributed by atoms with Crippen LogP contribution in [0.25, 0.3) is 0 Å². The van der Waals surface area contributed by atoms with Crippen LogP contribution < -0.4 is 0 Å². The lowest BCUT2D eigenvalue weighted by atomic mass is 10.1. The summed E-state index contributed by atoms with van der Waals surface area (Å²) in [5, 5.41) is 7.72. The van der Waals surface area contributed by atoms with Gasteiger partial charge in [0.05, 0.1) is 29.6 Å². The maximum Gasteiger partial charge on any atom is 0.0897 e. The molecule has 0 radical (unpaired) electrons. The van der Waals surface area contributed by atoms with Gasteiger partial charge < -0.3 is 4.74 Å². The Morgan fingerprint density at radius 3 is 3.18 bits per heavy atom. The number of thiazole rings is 1. The van der Waals surface area contributed by atoms with Gasteiger partial charge in [0.2, 0.25) is 0 Å². The van der Waals surface area contributed by atoms with Crippen molar-refractivity contribution in [2.75, 3.05) is 19.8 Å². The Kier molecular flexibility index (Phi) is 5.02. The molecular formula is C16H22N4OS. The average molecular weight is 318 g/mol. The Balaban J connectivity index is 1.70. The van der Waals surface area contributed by atoms with Gasteiger partial charge in [-0.1, -0.05) is 6.08 Å². The van der Waals surface area contributed by atoms with Crippen LogP contribution in [-0.2, 0) is 24.4 Å². The Hall–Kier alpha value is -1.50. The summed E-state index contributed by atoms with van der Waals surface area (Å²) in [6.07, 6.45) is 3.68. The van der Waals surface area contributed by atoms with Crippen molar-refractivity contribution in [3.8, 4) is 0 Å². The lowest BCUT2D eigenvalue weighted by Crippen LogP contribution is -2.30. The molecule has 3 rings (SSSR count). The van der Waals surface area contributed by atoms with E-state index in [-0.39, 0.29) is 0 Å². The van der Waals surface area contributed by atoms with Crippen LogP contribution in [0.4, 0.5) is 0 Å². The Labute approximate surface area is 135 Å². The molecule has 22 heavy (non-hydrogen) atoms. The molecule has 0 amide bonds. The maximum absolute atomic E-state index is 5.67. The van der Waals surface area contributed by atoms with Crippen LogP contribution in [0.1, 0.15) is 16.4 Å². The molecule has 0 aromatic carbocycles. The van der Waals surface area contributed by atoms with Crippen molar-refractivity contribution in [2.45, 2.75) is 26.6 Å². The van der Waals surface area contributed by atoms with Crippen LogP contribution >= 0.6 is 11.3 Å². The number of hydrogen-bond acceptors (Lipinski definition) is 5. The molecule has 0 spiro atoms. The van der Waals surface area contributed by atoms with Crippen LogP contribution in [0.15, 0.2) is 30.3 Å². The van der Waals surface area contributed by atoms with Gasteiger partial charge in [-0.15, -0.1) is 17.9 Å². The molecule has 5 nitrogen and oxygen atoms in total. The minimum atomic E-state index is 0.431. The number of aromatic nitrogens is 3. The standard InChI is InChI=1S/C16H22N4OS/c1-3-6-21-11-14-7-19(9-15-12-22-13(2)18-15)10-16-4-5-17-20(16)8-14/h3-5,12,14H,1,6-11H2,2H3/t14-/m0/s1. The maximum atomic E-state index is 5.67. The molecule has 0 unspecified atom stereocenters. The highest BCUT2D eigenvalue weighted by molar-refractivity contribution is 7.09. The van der Waals surface area contributed by atoms with E-state index >= 15 is 0 Å². The molecule has 0 N–H and O–H groups in total. The molecule has 0 bridgehead atoms. The number of hydrogen-bond donors (Lipinski definition) is 0. The smallest absolute Gasteiger partial charge is 0.0897 e. The summed E-state index contributed by atoms with van der Waals surface area (Å²) in [5.41, 5.74) is 2.42. The zero-order chi connectivity index (χ0) is 15.4. The van der Waals surface area contributed by atoms with Gasteiger partial charge in [-0.25, -0.2) is 4.98 Å². The van der Waals surface area contributed by atoms with Crippen LogP contribution in [0.3, 0.4) is 0 Å². The van der Waals surface area contributed by atoms with Gasteiger partial charge in [-0.05, 0) is 13.0 Å². The fourth-order valence-electron chi connectivity index (χ4n) is 2.87. The number of ether oxygens (including phenoxy) is 1. The van der Waals surface area contributed by atoms with Crippen LogP contribution in [0.2, 0.25) is 0 Å². The van der Waals surface area contributed by atoms with Crippen LogP contribution in [0, 0.1) is 12.8 Å². The lowest BCUT2D eigenvalue weighted by Gasteiger charge is -2.22. The first-order valence-corrected chi connectivity index (χ1v) is 8.45. The first-order chi connectivity index (χ1) is 10.7. The molecule has 0 fully saturated rings. The van der Waals surface area contributed by atoms with Gasteiger partial charge >= 0.3 is 0 Å². The van der Waals surface area contributed by atoms with Crippen LogP contribution in [-0.4, -0.2) is 39.4 Å². The van der Waals surface area contributed by atoms with Gasteiger partial charge in [0.1, 0.15) is 0 Å². The minimum Gasteiger partial charge on any atom is -0.377 e. The monoisotopic (exact) mass is 318 g/mol. The number of fused-ring (bicyclic) bond motifs is 1. The molecule has 0 saturated carbocycles. The number of rotatable bonds is 6. The van der Waals surface area contributed by atoms with E-state index in [2.05, 4.69) is 44.6 Å². The third-order valence-corrected chi connectivity index (χ3v) is 4.60. The Morgan fingerprint density at radius 1 is 1.50 bits per heavy atom. The van der Waals surface area contributed by atoms with E-state index in [0.29, 0.717) is 12.5 Å². The SMILES string of the molecule is C=CCOC[C@H]1CN(Cc2csc(C)n2)Cc2ccnn2C1. The number of aryl methyl sites for hydroxylation is 1. The second-order valence-corrected chi connectivity index (χ2v) is 6.79. The fourth-order valence-corrected chi connectivity index (χ4v) is 3.48. The predicted octanol–water partition coefficient (Wildman–Crippen LogP) is 2.48. The summed E-state index contributed by atoms with van der Waals surface area (Å²) in [5.74, 6) is 0.431. The molecule has 2 aromatic heterocycles. The quantitative estimate of drug-likeness (QED) is 0.606. The minimum absolute atomic E-state index is 0.431. The van der Waals surface area contributed by atoms with Crippen molar-refractivity contribution < 1.29 is 4.74 Å². The van der Waals surface area contributed by atoms with E-state index in [1.807, 2.05) is 6.20 Å². The molecule has 6 heteroatoms. The van der Waals surface area contributed by atoms with Crippen molar-refractivity contribution in [3.63, 3.8) is 0 Å². The first-order valence-electron chi connectivity index (χ1n) is 7.57. The molecule has 3 heterocycles. The van der Waals surface area contributed by atoms with Gasteiger partial charge in [-0.2, -0.15) is 5.10 Å². The molecule has 2 aromatic rings. The summed E-state index contributed by atoms with van der Waals surface area (Å²) in [4.78, 5) is 7.03. The third kappa shape index (κ3) is 3.82. The van der Waals surface area contributed by atoms with Gasteiger partial charge in [0.25, 0.3) is 0 Å².